The number of benzene rings is 1. The Balaban J connectivity index is 0.000000547. The van der Waals surface area contributed by atoms with Gasteiger partial charge in [0.2, 0.25) is 5.69 Å². The molecule has 0 radical (unpaired) electrons. The average molecular weight is 471 g/mol. The Morgan fingerprint density at radius 3 is 2.16 bits per heavy atom. The quantitative estimate of drug-likeness (QED) is 0.247. The predicted molar refractivity (Wildman–Crippen MR) is 117 cm³/mol. The summed E-state index contributed by atoms with van der Waals surface area (Å²) >= 11 is 0. The molecule has 1 aromatic rings. The van der Waals surface area contributed by atoms with E-state index in [9.17, 15) is 27.7 Å². The fourth-order valence-corrected chi connectivity index (χ4v) is 4.01. The molecule has 1 aliphatic rings. The summed E-state index contributed by atoms with van der Waals surface area (Å²) in [6.07, 6.45) is 2.49. The molecule has 0 amide bonds. The van der Waals surface area contributed by atoms with E-state index in [4.69, 9.17) is 5.11 Å². The summed E-state index contributed by atoms with van der Waals surface area (Å²) in [5, 5.41) is 18.6. The lowest BCUT2D eigenvalue weighted by atomic mass is 9.82. The van der Waals surface area contributed by atoms with E-state index in [2.05, 4.69) is 4.58 Å². The Hall–Kier alpha value is -2.30. The van der Waals surface area contributed by atoms with Crippen molar-refractivity contribution in [2.24, 2.45) is 0 Å². The molecule has 32 heavy (non-hydrogen) atoms. The van der Waals surface area contributed by atoms with Crippen LogP contribution in [0.4, 0.5) is 5.69 Å². The first-order valence-electron chi connectivity index (χ1n) is 10.4. The molecule has 0 unspecified atom stereocenters. The molecule has 2 rings (SSSR count). The standard InChI is InChI=1S/C17H23NO5S.C5H11NO2/c1-12-17(2,3)14-11-13(24(21,22)23)8-9-15(14)18(12)10-6-4-5-7-16(19)20;1-6(2,3)4-5(7)8/h8-9,11H,4-7,10H2,1-3H3,(H-,19,20,21,22,23);4H2,1-3H3. The van der Waals surface area contributed by atoms with Crippen molar-refractivity contribution < 1.29 is 41.8 Å². The highest BCUT2D eigenvalue weighted by molar-refractivity contribution is 7.85. The van der Waals surface area contributed by atoms with Crippen LogP contribution >= 0.6 is 0 Å². The molecule has 0 aliphatic carbocycles. The molecule has 0 fully saturated rings. The van der Waals surface area contributed by atoms with Crippen molar-refractivity contribution in [3.8, 4) is 0 Å². The predicted octanol–water partition coefficient (Wildman–Crippen LogP) is 1.07. The third-order valence-electron chi connectivity index (χ3n) is 5.41. The van der Waals surface area contributed by atoms with Gasteiger partial charge in [0.25, 0.3) is 0 Å². The number of carbonyl (C=O) groups excluding carboxylic acids is 1. The number of carboxylic acids is 2. The van der Waals surface area contributed by atoms with Crippen LogP contribution in [0.3, 0.4) is 0 Å². The maximum atomic E-state index is 11.3. The fraction of sp³-hybridized carbons (Fsp3) is 0.591. The van der Waals surface area contributed by atoms with Crippen LogP contribution in [-0.2, 0) is 25.1 Å². The molecule has 180 valence electrons. The zero-order chi connectivity index (χ0) is 24.9. The van der Waals surface area contributed by atoms with Crippen molar-refractivity contribution >= 4 is 33.5 Å². The van der Waals surface area contributed by atoms with Gasteiger partial charge in [0.1, 0.15) is 23.2 Å². The summed E-state index contributed by atoms with van der Waals surface area (Å²) in [7, 11) is 0.929. The van der Waals surface area contributed by atoms with Gasteiger partial charge in [-0.3, -0.25) is 4.79 Å². The molecule has 0 saturated carbocycles. The van der Waals surface area contributed by atoms with Crippen LogP contribution in [0.25, 0.3) is 0 Å². The van der Waals surface area contributed by atoms with Crippen molar-refractivity contribution in [2.75, 3.05) is 34.2 Å². The number of rotatable bonds is 9. The number of hydrogen-bond acceptors (Lipinski definition) is 6. The summed E-state index contributed by atoms with van der Waals surface area (Å²) in [5.74, 6) is -1.78. The largest absolute Gasteiger partial charge is 0.744 e. The van der Waals surface area contributed by atoms with E-state index in [-0.39, 0.29) is 23.3 Å². The molecule has 1 aromatic carbocycles. The number of nitrogens with zero attached hydrogens (tertiary/aromatic N) is 2. The van der Waals surface area contributed by atoms with Gasteiger partial charge >= 0.3 is 5.97 Å². The van der Waals surface area contributed by atoms with Crippen molar-refractivity contribution in [3.05, 3.63) is 23.8 Å². The first-order valence-corrected chi connectivity index (χ1v) is 11.8. The smallest absolute Gasteiger partial charge is 0.303 e. The lowest BCUT2D eigenvalue weighted by Gasteiger charge is -2.23. The van der Waals surface area contributed by atoms with Crippen LogP contribution in [0.5, 0.6) is 0 Å². The van der Waals surface area contributed by atoms with Crippen molar-refractivity contribution in [3.63, 3.8) is 0 Å². The molecule has 1 aliphatic heterocycles. The number of carboxylic acid groups (broad SMARTS) is 2. The van der Waals surface area contributed by atoms with Gasteiger partial charge in [-0.25, -0.2) is 8.42 Å². The average Bonchev–Trinajstić information content (AvgIpc) is 2.79. The summed E-state index contributed by atoms with van der Waals surface area (Å²) in [5.41, 5.74) is 2.50. The zero-order valence-corrected chi connectivity index (χ0v) is 20.5. The van der Waals surface area contributed by atoms with Crippen LogP contribution in [0.15, 0.2) is 23.1 Å². The minimum absolute atomic E-state index is 0.0694. The maximum absolute atomic E-state index is 11.3. The van der Waals surface area contributed by atoms with E-state index in [1.807, 2.05) is 20.8 Å². The number of likely N-dealkylation sites (N-methyl/N-ethyl adjacent to an activating group) is 1. The van der Waals surface area contributed by atoms with Crippen LogP contribution in [0.1, 0.15) is 52.0 Å². The van der Waals surface area contributed by atoms with E-state index in [0.717, 1.165) is 36.3 Å². The summed E-state index contributed by atoms with van der Waals surface area (Å²) in [6, 6.07) is 4.52. The van der Waals surface area contributed by atoms with Crippen LogP contribution in [-0.4, -0.2) is 79.0 Å². The van der Waals surface area contributed by atoms with E-state index in [1.165, 1.54) is 12.1 Å². The Bertz CT molecular complexity index is 990. The van der Waals surface area contributed by atoms with Gasteiger partial charge in [0.15, 0.2) is 5.71 Å². The second kappa shape index (κ2) is 10.5. The van der Waals surface area contributed by atoms with Crippen LogP contribution in [0.2, 0.25) is 0 Å². The SMILES string of the molecule is CC1=[N+](CCCCCC(=O)O)c2ccc(S(=O)(=O)[O-])cc2C1(C)C.C[N+](C)(C)CC(=O)[O-]. The lowest BCUT2D eigenvalue weighted by Crippen LogP contribution is -2.45. The number of unbranched alkanes of at least 4 members (excludes halogenated alkanes) is 2. The van der Waals surface area contributed by atoms with Crippen molar-refractivity contribution in [2.45, 2.75) is 56.8 Å². The molecule has 0 aromatic heterocycles. The Labute approximate surface area is 190 Å². The van der Waals surface area contributed by atoms with Crippen LogP contribution in [0, 0.1) is 0 Å². The summed E-state index contributed by atoms with van der Waals surface area (Å²) in [4.78, 5) is 20.2. The summed E-state index contributed by atoms with van der Waals surface area (Å²) < 4.78 is 36.4. The van der Waals surface area contributed by atoms with E-state index in [0.29, 0.717) is 10.9 Å². The molecular formula is C22H34N2O7S. The normalized spacial score (nSPS) is 15.1. The molecule has 0 atom stereocenters. The highest BCUT2D eigenvalue weighted by Crippen LogP contribution is 2.40. The third kappa shape index (κ3) is 7.99. The van der Waals surface area contributed by atoms with Gasteiger partial charge in [-0.15, -0.1) is 0 Å². The molecular weight excluding hydrogens is 436 g/mol. The molecule has 1 heterocycles. The second-order valence-corrected chi connectivity index (χ2v) is 10.9. The molecule has 10 heteroatoms. The Kier molecular flexibility index (Phi) is 9.14. The van der Waals surface area contributed by atoms with Gasteiger partial charge in [-0.1, -0.05) is 0 Å². The second-order valence-electron chi connectivity index (χ2n) is 9.52. The number of aliphatic carboxylic acids is 2. The first-order chi connectivity index (χ1) is 14.5. The van der Waals surface area contributed by atoms with E-state index in [1.54, 1.807) is 27.2 Å². The maximum Gasteiger partial charge on any atom is 0.303 e. The van der Waals surface area contributed by atoms with E-state index >= 15 is 0 Å². The zero-order valence-electron chi connectivity index (χ0n) is 19.7. The first kappa shape index (κ1) is 27.7. The highest BCUT2D eigenvalue weighted by atomic mass is 32.2. The number of quaternary nitrogens is 1. The van der Waals surface area contributed by atoms with Crippen molar-refractivity contribution in [1.82, 2.24) is 0 Å². The number of fused-ring (bicyclic) bond motifs is 1. The number of hydrogen-bond donors (Lipinski definition) is 1. The van der Waals surface area contributed by atoms with Crippen molar-refractivity contribution in [1.29, 1.82) is 0 Å². The molecule has 1 N–H and O–H groups in total. The molecule has 0 spiro atoms. The molecule has 0 saturated heterocycles. The topological polar surface area (TPSA) is 138 Å². The van der Waals surface area contributed by atoms with Crippen LogP contribution < -0.4 is 5.11 Å². The Morgan fingerprint density at radius 1 is 1.12 bits per heavy atom. The number of carbonyl (C=O) groups is 2. The minimum Gasteiger partial charge on any atom is -0.744 e. The third-order valence-corrected chi connectivity index (χ3v) is 6.24. The van der Waals surface area contributed by atoms with Gasteiger partial charge in [-0.2, -0.15) is 4.58 Å². The van der Waals surface area contributed by atoms with E-state index < -0.39 is 22.1 Å². The summed E-state index contributed by atoms with van der Waals surface area (Å²) in [6.45, 7) is 6.83. The van der Waals surface area contributed by atoms with Gasteiger partial charge in [0, 0.05) is 31.4 Å². The fourth-order valence-electron chi connectivity index (χ4n) is 3.52. The molecule has 0 bridgehead atoms. The molecule has 9 nitrogen and oxygen atoms in total. The Morgan fingerprint density at radius 2 is 1.72 bits per heavy atom. The lowest BCUT2D eigenvalue weighted by molar-refractivity contribution is -0.864. The monoisotopic (exact) mass is 470 g/mol. The highest BCUT2D eigenvalue weighted by Gasteiger charge is 2.43. The van der Waals surface area contributed by atoms with Gasteiger partial charge < -0.3 is 24.0 Å². The van der Waals surface area contributed by atoms with Gasteiger partial charge in [-0.05, 0) is 38.8 Å². The minimum atomic E-state index is -4.48. The van der Waals surface area contributed by atoms with Gasteiger partial charge in [0.05, 0.1) is 37.4 Å².